The molecular weight excluding hydrogens is 781 g/mol. The van der Waals surface area contributed by atoms with Gasteiger partial charge < -0.3 is 14.2 Å². The van der Waals surface area contributed by atoms with Gasteiger partial charge in [-0.15, -0.1) is 0 Å². The standard InChI is InChI=1S/C57H98O6/c1-4-7-10-13-16-19-22-25-27-28-29-31-32-35-38-41-44-47-50-56(59)62-53-54(52-61-55(58)49-46-43-40-37-34-24-21-18-15-12-9-6-3)63-57(60)51-48-45-42-39-36-33-30-26-23-20-17-14-11-8-5-2/h8,11,14,17,20,22-23,25,27-29,31,54H,4-7,9-10,12-13,15-16,18-19,21,24,26,30,32-53H2,1-3H3/b11-8-,17-14-,23-20-,25-22-,28-27-,31-29-. The third kappa shape index (κ3) is 49.7. The molecule has 0 bridgehead atoms. The number of allylic oxidation sites excluding steroid dienone is 12. The fourth-order valence-electron chi connectivity index (χ4n) is 7.33. The van der Waals surface area contributed by atoms with E-state index in [4.69, 9.17) is 14.2 Å². The molecule has 0 amide bonds. The van der Waals surface area contributed by atoms with Crippen LogP contribution < -0.4 is 0 Å². The molecule has 0 radical (unpaired) electrons. The van der Waals surface area contributed by atoms with Gasteiger partial charge in [0.15, 0.2) is 6.10 Å². The van der Waals surface area contributed by atoms with Gasteiger partial charge in [-0.05, 0) is 64.2 Å². The summed E-state index contributed by atoms with van der Waals surface area (Å²) in [7, 11) is 0. The van der Waals surface area contributed by atoms with Crippen molar-refractivity contribution in [3.8, 4) is 0 Å². The van der Waals surface area contributed by atoms with Crippen molar-refractivity contribution in [3.05, 3.63) is 72.9 Å². The van der Waals surface area contributed by atoms with Gasteiger partial charge >= 0.3 is 17.9 Å². The number of unbranched alkanes of at least 4 members (excludes halogenated alkanes) is 28. The Morgan fingerprint density at radius 2 is 0.619 bits per heavy atom. The molecule has 0 saturated heterocycles. The molecule has 0 saturated carbocycles. The number of carbonyl (C=O) groups excluding carboxylic acids is 3. The molecule has 0 aliphatic carbocycles. The first-order chi connectivity index (χ1) is 31.0. The summed E-state index contributed by atoms with van der Waals surface area (Å²) in [5, 5.41) is 0. The molecule has 0 spiro atoms. The second-order valence-electron chi connectivity index (χ2n) is 17.5. The van der Waals surface area contributed by atoms with E-state index in [-0.39, 0.29) is 31.1 Å². The van der Waals surface area contributed by atoms with Gasteiger partial charge in [0.2, 0.25) is 0 Å². The van der Waals surface area contributed by atoms with Crippen LogP contribution in [-0.2, 0) is 28.6 Å². The Kier molecular flexibility index (Phi) is 48.9. The van der Waals surface area contributed by atoms with Crippen LogP contribution in [0.3, 0.4) is 0 Å². The number of hydrogen-bond acceptors (Lipinski definition) is 6. The molecule has 1 atom stereocenters. The molecule has 0 aliphatic heterocycles. The normalized spacial score (nSPS) is 12.6. The van der Waals surface area contributed by atoms with Crippen molar-refractivity contribution in [2.75, 3.05) is 13.2 Å². The summed E-state index contributed by atoms with van der Waals surface area (Å²) in [5.74, 6) is -0.915. The SMILES string of the molecule is CC\C=C/C=C\C=C/CCCCCCCCCC(=O)OC(COC(=O)CCCCCCC\C=C/C=C\C=C/CCCCCCC)COC(=O)CCCCCCCCCCCCCC. The quantitative estimate of drug-likeness (QED) is 0.0262. The van der Waals surface area contributed by atoms with Gasteiger partial charge in [0, 0.05) is 19.3 Å². The fraction of sp³-hybridized carbons (Fsp3) is 0.737. The Morgan fingerprint density at radius 1 is 0.333 bits per heavy atom. The zero-order valence-corrected chi connectivity index (χ0v) is 41.3. The largest absolute Gasteiger partial charge is 0.462 e. The second-order valence-corrected chi connectivity index (χ2v) is 17.5. The molecular formula is C57H98O6. The molecule has 63 heavy (non-hydrogen) atoms. The summed E-state index contributed by atoms with van der Waals surface area (Å²) in [6.07, 6.45) is 64.5. The van der Waals surface area contributed by atoms with Crippen LogP contribution in [-0.4, -0.2) is 37.2 Å². The topological polar surface area (TPSA) is 78.9 Å². The van der Waals surface area contributed by atoms with E-state index in [1.807, 2.05) is 0 Å². The van der Waals surface area contributed by atoms with Gasteiger partial charge in [0.05, 0.1) is 0 Å². The van der Waals surface area contributed by atoms with E-state index < -0.39 is 6.10 Å². The molecule has 0 aromatic rings. The molecule has 0 aliphatic rings. The third-order valence-electron chi connectivity index (χ3n) is 11.3. The number of hydrogen-bond donors (Lipinski definition) is 0. The Bertz CT molecular complexity index is 1190. The van der Waals surface area contributed by atoms with Crippen LogP contribution in [0.2, 0.25) is 0 Å². The highest BCUT2D eigenvalue weighted by atomic mass is 16.6. The lowest BCUT2D eigenvalue weighted by Crippen LogP contribution is -2.30. The van der Waals surface area contributed by atoms with Crippen molar-refractivity contribution in [1.82, 2.24) is 0 Å². The zero-order chi connectivity index (χ0) is 45.8. The molecule has 0 fully saturated rings. The van der Waals surface area contributed by atoms with E-state index in [2.05, 4.69) is 93.7 Å². The van der Waals surface area contributed by atoms with E-state index in [0.717, 1.165) is 89.9 Å². The molecule has 362 valence electrons. The highest BCUT2D eigenvalue weighted by molar-refractivity contribution is 5.71. The lowest BCUT2D eigenvalue weighted by Gasteiger charge is -2.18. The van der Waals surface area contributed by atoms with Crippen LogP contribution in [0.5, 0.6) is 0 Å². The van der Waals surface area contributed by atoms with Gasteiger partial charge in [0.25, 0.3) is 0 Å². The molecule has 0 heterocycles. The molecule has 1 unspecified atom stereocenters. The summed E-state index contributed by atoms with van der Waals surface area (Å²) >= 11 is 0. The Hall–Kier alpha value is -3.15. The molecule has 0 rings (SSSR count). The van der Waals surface area contributed by atoms with Crippen molar-refractivity contribution < 1.29 is 28.6 Å². The van der Waals surface area contributed by atoms with Gasteiger partial charge in [0.1, 0.15) is 13.2 Å². The third-order valence-corrected chi connectivity index (χ3v) is 11.3. The maximum Gasteiger partial charge on any atom is 0.306 e. The van der Waals surface area contributed by atoms with Crippen molar-refractivity contribution >= 4 is 17.9 Å². The summed E-state index contributed by atoms with van der Waals surface area (Å²) in [4.78, 5) is 38.0. The maximum atomic E-state index is 12.8. The molecule has 0 N–H and O–H groups in total. The van der Waals surface area contributed by atoms with E-state index in [9.17, 15) is 14.4 Å². The van der Waals surface area contributed by atoms with E-state index >= 15 is 0 Å². The van der Waals surface area contributed by atoms with Crippen molar-refractivity contribution in [2.45, 2.75) is 258 Å². The van der Waals surface area contributed by atoms with Gasteiger partial charge in [-0.1, -0.05) is 241 Å². The fourth-order valence-corrected chi connectivity index (χ4v) is 7.33. The smallest absolute Gasteiger partial charge is 0.306 e. The van der Waals surface area contributed by atoms with Crippen molar-refractivity contribution in [3.63, 3.8) is 0 Å². The van der Waals surface area contributed by atoms with Gasteiger partial charge in [-0.3, -0.25) is 14.4 Å². The number of carbonyl (C=O) groups is 3. The molecule has 6 heteroatoms. The average Bonchev–Trinajstić information content (AvgIpc) is 3.28. The van der Waals surface area contributed by atoms with Gasteiger partial charge in [-0.2, -0.15) is 0 Å². The Morgan fingerprint density at radius 3 is 0.952 bits per heavy atom. The first-order valence-corrected chi connectivity index (χ1v) is 26.5. The lowest BCUT2D eigenvalue weighted by atomic mass is 10.0. The number of ether oxygens (including phenoxy) is 3. The van der Waals surface area contributed by atoms with Crippen LogP contribution in [0, 0.1) is 0 Å². The molecule has 6 nitrogen and oxygen atoms in total. The first-order valence-electron chi connectivity index (χ1n) is 26.5. The lowest BCUT2D eigenvalue weighted by molar-refractivity contribution is -0.167. The van der Waals surface area contributed by atoms with E-state index in [1.165, 1.54) is 122 Å². The van der Waals surface area contributed by atoms with Crippen LogP contribution in [0.4, 0.5) is 0 Å². The van der Waals surface area contributed by atoms with Crippen molar-refractivity contribution in [1.29, 1.82) is 0 Å². The van der Waals surface area contributed by atoms with E-state index in [0.29, 0.717) is 19.3 Å². The van der Waals surface area contributed by atoms with Crippen LogP contribution in [0.15, 0.2) is 72.9 Å². The van der Waals surface area contributed by atoms with Crippen LogP contribution in [0.25, 0.3) is 0 Å². The second kappa shape index (κ2) is 51.5. The molecule has 0 aromatic carbocycles. The Labute approximate surface area is 389 Å². The average molecular weight is 879 g/mol. The maximum absolute atomic E-state index is 12.8. The minimum atomic E-state index is -0.788. The van der Waals surface area contributed by atoms with Crippen molar-refractivity contribution in [2.24, 2.45) is 0 Å². The van der Waals surface area contributed by atoms with Crippen LogP contribution in [0.1, 0.15) is 252 Å². The highest BCUT2D eigenvalue weighted by Crippen LogP contribution is 2.15. The first kappa shape index (κ1) is 59.9. The monoisotopic (exact) mass is 879 g/mol. The molecule has 0 aromatic heterocycles. The minimum absolute atomic E-state index is 0.0857. The number of esters is 3. The number of rotatable bonds is 47. The highest BCUT2D eigenvalue weighted by Gasteiger charge is 2.19. The minimum Gasteiger partial charge on any atom is -0.462 e. The predicted octanol–water partition coefficient (Wildman–Crippen LogP) is 17.4. The summed E-state index contributed by atoms with van der Waals surface area (Å²) in [5.41, 5.74) is 0. The van der Waals surface area contributed by atoms with Crippen LogP contribution >= 0.6 is 0 Å². The summed E-state index contributed by atoms with van der Waals surface area (Å²) in [6, 6.07) is 0. The van der Waals surface area contributed by atoms with Gasteiger partial charge in [-0.25, -0.2) is 0 Å². The zero-order valence-electron chi connectivity index (χ0n) is 41.3. The Balaban J connectivity index is 4.42. The van der Waals surface area contributed by atoms with E-state index in [1.54, 1.807) is 0 Å². The predicted molar refractivity (Wildman–Crippen MR) is 270 cm³/mol. The summed E-state index contributed by atoms with van der Waals surface area (Å²) < 4.78 is 16.8. The summed E-state index contributed by atoms with van der Waals surface area (Å²) in [6.45, 7) is 6.47.